The van der Waals surface area contributed by atoms with Crippen molar-refractivity contribution in [2.75, 3.05) is 0 Å². The third kappa shape index (κ3) is 5.24. The van der Waals surface area contributed by atoms with E-state index in [9.17, 15) is 65.9 Å². The van der Waals surface area contributed by atoms with Gasteiger partial charge in [0, 0.05) is 0 Å². The van der Waals surface area contributed by atoms with Gasteiger partial charge in [-0.3, -0.25) is 15.4 Å². The van der Waals surface area contributed by atoms with Crippen molar-refractivity contribution < 1.29 is 79.8 Å². The molecule has 0 unspecified atom stereocenters. The molecule has 1 aliphatic heterocycles. The molecular weight excluding hydrogens is 624 g/mol. The Hall–Kier alpha value is -3.92. The highest BCUT2D eigenvalue weighted by molar-refractivity contribution is 6.81. The average molecular weight is 627 g/mol. The zero-order chi connectivity index (χ0) is 31.4. The van der Waals surface area contributed by atoms with Crippen molar-refractivity contribution in [3.8, 4) is 17.2 Å². The van der Waals surface area contributed by atoms with Crippen molar-refractivity contribution >= 4 is 21.6 Å². The van der Waals surface area contributed by atoms with E-state index in [0.717, 1.165) is 0 Å². The Morgan fingerprint density at radius 1 is 0.262 bits per heavy atom. The monoisotopic (exact) mass is 627 g/mol. The average Bonchev–Trinajstić information content (AvgIpc) is 2.97. The zero-order valence-electron chi connectivity index (χ0n) is 19.1. The summed E-state index contributed by atoms with van der Waals surface area (Å²) in [6.45, 7) is 0. The van der Waals surface area contributed by atoms with Crippen LogP contribution in [-0.2, 0) is 0 Å². The van der Waals surface area contributed by atoms with Crippen LogP contribution in [0, 0.1) is 87.3 Å². The van der Waals surface area contributed by atoms with Crippen LogP contribution in [-0.4, -0.2) is 21.6 Å². The van der Waals surface area contributed by atoms with Gasteiger partial charge in [-0.15, -0.1) is 0 Å². The molecule has 0 aromatic heterocycles. The summed E-state index contributed by atoms with van der Waals surface area (Å²) in [5, 5.41) is 5.27. The molecule has 3 N–H and O–H groups in total. The van der Waals surface area contributed by atoms with Crippen LogP contribution in [0.5, 0.6) is 17.2 Å². The highest BCUT2D eigenvalue weighted by Gasteiger charge is 2.47. The summed E-state index contributed by atoms with van der Waals surface area (Å²) in [5.41, 5.74) is 0. The second kappa shape index (κ2) is 11.4. The summed E-state index contributed by atoms with van der Waals surface area (Å²) in [6, 6.07) is 0. The Balaban J connectivity index is 1.74. The van der Waals surface area contributed by atoms with Crippen molar-refractivity contribution in [3.05, 3.63) is 87.3 Å². The smallest absolute Gasteiger partial charge is 0.527 e. The number of hydrogen-bond donors (Lipinski definition) is 3. The fraction of sp³-hybridized carbons (Fsp3) is 0. The Morgan fingerprint density at radius 3 is 0.571 bits per heavy atom. The fourth-order valence-corrected chi connectivity index (χ4v) is 3.18. The minimum atomic E-state index is -2.65. The van der Waals surface area contributed by atoms with Crippen molar-refractivity contribution in [3.63, 3.8) is 0 Å². The first-order valence-electron chi connectivity index (χ1n) is 10.4. The summed E-state index contributed by atoms with van der Waals surface area (Å²) < 4.78 is 220. The van der Waals surface area contributed by atoms with E-state index < -0.39 is 126 Å². The molecule has 222 valence electrons. The van der Waals surface area contributed by atoms with Crippen LogP contribution in [0.2, 0.25) is 0 Å². The highest BCUT2D eigenvalue weighted by Crippen LogP contribution is 2.32. The summed E-state index contributed by atoms with van der Waals surface area (Å²) in [6.07, 6.45) is 0. The SMILES string of the molecule is Fc1c(F)c(F)c(OB2NB(Oc3c(F)c(F)c(F)c(F)c3F)NB(Oc3c(F)c(F)c(F)c(F)c3F)N2)c(F)c1F. The lowest BCUT2D eigenvalue weighted by molar-refractivity contribution is 0.336. The zero-order valence-corrected chi connectivity index (χ0v) is 19.1. The number of hydrogen-bond acceptors (Lipinski definition) is 6. The van der Waals surface area contributed by atoms with Crippen LogP contribution < -0.4 is 29.4 Å². The van der Waals surface area contributed by atoms with Crippen molar-refractivity contribution in [1.82, 2.24) is 15.4 Å². The molecule has 3 aromatic carbocycles. The molecular formula is C18H3B3F15N3O3. The van der Waals surface area contributed by atoms with Crippen molar-refractivity contribution in [2.45, 2.75) is 0 Å². The lowest BCUT2D eigenvalue weighted by atomic mass is 9.71. The second-order valence-electron chi connectivity index (χ2n) is 7.69. The molecule has 0 amide bonds. The molecule has 0 radical (unpaired) electrons. The van der Waals surface area contributed by atoms with E-state index in [-0.39, 0.29) is 0 Å². The quantitative estimate of drug-likeness (QED) is 0.166. The molecule has 1 aliphatic rings. The van der Waals surface area contributed by atoms with Gasteiger partial charge in [-0.2, -0.15) is 26.3 Å². The number of halogens is 15. The van der Waals surface area contributed by atoms with Gasteiger partial charge in [0.05, 0.1) is 0 Å². The van der Waals surface area contributed by atoms with E-state index in [1.54, 1.807) is 15.4 Å². The molecule has 4 rings (SSSR count). The molecule has 0 saturated carbocycles. The lowest BCUT2D eigenvalue weighted by Gasteiger charge is -2.31. The first-order chi connectivity index (χ1) is 19.6. The number of benzene rings is 3. The van der Waals surface area contributed by atoms with E-state index in [0.29, 0.717) is 0 Å². The van der Waals surface area contributed by atoms with Gasteiger partial charge in [0.15, 0.2) is 17.2 Å². The third-order valence-corrected chi connectivity index (χ3v) is 5.12. The molecule has 0 spiro atoms. The Morgan fingerprint density at radius 2 is 0.405 bits per heavy atom. The van der Waals surface area contributed by atoms with E-state index >= 15 is 0 Å². The van der Waals surface area contributed by atoms with Gasteiger partial charge in [0.2, 0.25) is 87.3 Å². The van der Waals surface area contributed by atoms with Gasteiger partial charge >= 0.3 is 21.6 Å². The summed E-state index contributed by atoms with van der Waals surface area (Å²) in [4.78, 5) is 0. The maximum Gasteiger partial charge on any atom is 0.527 e. The van der Waals surface area contributed by atoms with Gasteiger partial charge in [-0.05, 0) is 0 Å². The van der Waals surface area contributed by atoms with E-state index in [1.807, 2.05) is 0 Å². The molecule has 1 saturated heterocycles. The van der Waals surface area contributed by atoms with E-state index in [2.05, 4.69) is 14.0 Å². The minimum absolute atomic E-state index is 1.76. The van der Waals surface area contributed by atoms with Gasteiger partial charge in [0.1, 0.15) is 0 Å². The number of rotatable bonds is 6. The molecule has 3 aromatic rings. The van der Waals surface area contributed by atoms with E-state index in [4.69, 9.17) is 0 Å². The second-order valence-corrected chi connectivity index (χ2v) is 7.69. The molecule has 42 heavy (non-hydrogen) atoms. The Kier molecular flexibility index (Phi) is 8.42. The van der Waals surface area contributed by atoms with Crippen LogP contribution >= 0.6 is 0 Å². The first-order valence-corrected chi connectivity index (χ1v) is 10.4. The maximum absolute atomic E-state index is 14.1. The largest absolute Gasteiger partial charge is 0.530 e. The minimum Gasteiger partial charge on any atom is -0.530 e. The van der Waals surface area contributed by atoms with Crippen LogP contribution in [0.3, 0.4) is 0 Å². The van der Waals surface area contributed by atoms with Crippen LogP contribution in [0.15, 0.2) is 0 Å². The lowest BCUT2D eigenvalue weighted by Crippen LogP contribution is -2.79. The predicted molar refractivity (Wildman–Crippen MR) is 107 cm³/mol. The van der Waals surface area contributed by atoms with Crippen molar-refractivity contribution in [2.24, 2.45) is 0 Å². The van der Waals surface area contributed by atoms with Gasteiger partial charge in [-0.1, -0.05) is 0 Å². The van der Waals surface area contributed by atoms with Crippen LogP contribution in [0.25, 0.3) is 0 Å². The Labute approximate surface area is 222 Å². The fourth-order valence-electron chi connectivity index (χ4n) is 3.18. The third-order valence-electron chi connectivity index (χ3n) is 5.12. The molecule has 6 nitrogen and oxygen atoms in total. The Bertz CT molecular complexity index is 1330. The van der Waals surface area contributed by atoms with Crippen LogP contribution in [0.1, 0.15) is 0 Å². The van der Waals surface area contributed by atoms with Crippen LogP contribution in [0.4, 0.5) is 65.9 Å². The van der Waals surface area contributed by atoms with Crippen molar-refractivity contribution in [1.29, 1.82) is 0 Å². The molecule has 1 fully saturated rings. The summed E-state index contributed by atoms with van der Waals surface area (Å²) in [7, 11) is -7.55. The number of nitrogens with one attached hydrogen (secondary N) is 3. The molecule has 1 heterocycles. The maximum atomic E-state index is 14.1. The summed E-state index contributed by atoms with van der Waals surface area (Å²) in [5.74, 6) is -45.2. The van der Waals surface area contributed by atoms with Gasteiger partial charge in [0.25, 0.3) is 0 Å². The predicted octanol–water partition coefficient (Wildman–Crippen LogP) is 4.05. The topological polar surface area (TPSA) is 63.8 Å². The molecule has 0 atom stereocenters. The molecule has 0 bridgehead atoms. The summed E-state index contributed by atoms with van der Waals surface area (Å²) >= 11 is 0. The molecule has 24 heteroatoms. The molecule has 0 aliphatic carbocycles. The van der Waals surface area contributed by atoms with E-state index in [1.165, 1.54) is 0 Å². The highest BCUT2D eigenvalue weighted by atomic mass is 19.2. The first kappa shape index (κ1) is 31.0. The normalized spacial score (nSPS) is 13.6. The van der Waals surface area contributed by atoms with Gasteiger partial charge in [-0.25, -0.2) is 39.5 Å². The standard InChI is InChI=1S/C18H3B3F15N3O3/c22-1-4(25)10(31)16(11(32)5(1)26)40-19-37-20(41-17-12(33)6(27)2(23)7(28)13(17)34)39-21(38-19)42-18-14(35)8(29)3(24)9(30)15(18)36/h37-39H. The van der Waals surface area contributed by atoms with Gasteiger partial charge < -0.3 is 14.0 Å².